The summed E-state index contributed by atoms with van der Waals surface area (Å²) in [7, 11) is 2.13. The highest BCUT2D eigenvalue weighted by Gasteiger charge is 2.16. The monoisotopic (exact) mass is 383 g/mol. The summed E-state index contributed by atoms with van der Waals surface area (Å²) in [6, 6.07) is 9.49. The smallest absolute Gasteiger partial charge is 0.273 e. The highest BCUT2D eigenvalue weighted by Crippen LogP contribution is 2.25. The number of nitrogens with one attached hydrogen (secondary N) is 1. The molecule has 0 aromatic carbocycles. The molecule has 0 saturated carbocycles. The van der Waals surface area contributed by atoms with E-state index in [0.717, 1.165) is 42.4 Å². The van der Waals surface area contributed by atoms with Crippen molar-refractivity contribution in [3.8, 4) is 10.6 Å². The van der Waals surface area contributed by atoms with E-state index in [1.165, 1.54) is 0 Å². The molecule has 4 rings (SSSR count). The fourth-order valence-corrected chi connectivity index (χ4v) is 3.64. The molecular formula is C19H21N5O2S. The molecule has 1 aliphatic heterocycles. The normalized spacial score (nSPS) is 15.1. The van der Waals surface area contributed by atoms with Gasteiger partial charge in [-0.25, -0.2) is 4.98 Å². The molecule has 0 radical (unpaired) electrons. The molecule has 0 atom stereocenters. The summed E-state index contributed by atoms with van der Waals surface area (Å²) in [4.78, 5) is 22.4. The van der Waals surface area contributed by atoms with E-state index in [4.69, 9.17) is 4.52 Å². The lowest BCUT2D eigenvalue weighted by Gasteiger charge is -2.33. The molecule has 4 heterocycles. The van der Waals surface area contributed by atoms with Crippen molar-refractivity contribution in [1.82, 2.24) is 20.4 Å². The number of likely N-dealkylation sites (N-methyl/N-ethyl adjacent to an activating group) is 1. The van der Waals surface area contributed by atoms with E-state index >= 15 is 0 Å². The van der Waals surface area contributed by atoms with Crippen LogP contribution in [0.1, 0.15) is 16.1 Å². The minimum Gasteiger partial charge on any atom is -0.355 e. The first-order valence-corrected chi connectivity index (χ1v) is 9.74. The molecule has 140 valence electrons. The molecule has 3 aromatic heterocycles. The van der Waals surface area contributed by atoms with Crippen LogP contribution in [0.3, 0.4) is 0 Å². The minimum absolute atomic E-state index is 0.250. The Bertz CT molecular complexity index is 900. The van der Waals surface area contributed by atoms with Crippen LogP contribution in [0.2, 0.25) is 0 Å². The number of nitrogens with zero attached hydrogens (tertiary/aromatic N) is 4. The average molecular weight is 383 g/mol. The number of anilines is 1. The summed E-state index contributed by atoms with van der Waals surface area (Å²) in [5.41, 5.74) is 1.29. The molecule has 1 amide bonds. The summed E-state index contributed by atoms with van der Waals surface area (Å²) in [6.07, 6.45) is 1.79. The molecule has 0 unspecified atom stereocenters. The summed E-state index contributed by atoms with van der Waals surface area (Å²) < 4.78 is 5.27. The Morgan fingerprint density at radius 2 is 2.11 bits per heavy atom. The molecule has 0 bridgehead atoms. The Labute approximate surface area is 161 Å². The van der Waals surface area contributed by atoms with Gasteiger partial charge in [-0.1, -0.05) is 11.2 Å². The van der Waals surface area contributed by atoms with Crippen molar-refractivity contribution >= 4 is 23.1 Å². The number of hydrogen-bond donors (Lipinski definition) is 1. The molecule has 8 heteroatoms. The minimum atomic E-state index is -0.250. The molecule has 1 N–H and O–H groups in total. The lowest BCUT2D eigenvalue weighted by atomic mass is 10.2. The largest absolute Gasteiger partial charge is 0.355 e. The molecule has 0 aliphatic carbocycles. The Kier molecular flexibility index (Phi) is 5.17. The average Bonchev–Trinajstić information content (AvgIpc) is 3.38. The van der Waals surface area contributed by atoms with E-state index in [-0.39, 0.29) is 11.6 Å². The molecule has 27 heavy (non-hydrogen) atoms. The van der Waals surface area contributed by atoms with Crippen molar-refractivity contribution < 1.29 is 9.32 Å². The van der Waals surface area contributed by atoms with Crippen LogP contribution in [0, 0.1) is 0 Å². The van der Waals surface area contributed by atoms with Crippen molar-refractivity contribution in [3.05, 3.63) is 53.2 Å². The number of hydrogen-bond acceptors (Lipinski definition) is 7. The number of carbonyl (C=O) groups is 1. The van der Waals surface area contributed by atoms with Gasteiger partial charge in [-0.3, -0.25) is 4.79 Å². The Hall–Kier alpha value is -2.71. The summed E-state index contributed by atoms with van der Waals surface area (Å²) >= 11 is 1.55. The van der Waals surface area contributed by atoms with E-state index in [1.807, 2.05) is 29.6 Å². The molecule has 1 aliphatic rings. The number of carbonyl (C=O) groups excluding carboxylic acids is 1. The molecule has 1 saturated heterocycles. The van der Waals surface area contributed by atoms with Gasteiger partial charge in [0.05, 0.1) is 4.88 Å². The predicted molar refractivity (Wildman–Crippen MR) is 105 cm³/mol. The van der Waals surface area contributed by atoms with Gasteiger partial charge in [0.1, 0.15) is 5.82 Å². The van der Waals surface area contributed by atoms with Gasteiger partial charge in [0, 0.05) is 45.0 Å². The Morgan fingerprint density at radius 1 is 1.26 bits per heavy atom. The maximum Gasteiger partial charge on any atom is 0.273 e. The first-order chi connectivity index (χ1) is 13.2. The van der Waals surface area contributed by atoms with Crippen LogP contribution in [0.15, 0.2) is 46.4 Å². The van der Waals surface area contributed by atoms with Gasteiger partial charge in [-0.15, -0.1) is 11.3 Å². The second kappa shape index (κ2) is 7.89. The molecule has 1 fully saturated rings. The number of piperazine rings is 1. The highest BCUT2D eigenvalue weighted by atomic mass is 32.1. The standard InChI is InChI=1S/C19H21N5O2S/c1-23-6-8-24(9-7-23)18-11-14(4-5-20-18)13-21-19(25)15-12-16(26-22-15)17-3-2-10-27-17/h2-5,10-12H,6-9,13H2,1H3,(H,21,25). The maximum absolute atomic E-state index is 12.4. The third-order valence-corrected chi connectivity index (χ3v) is 5.48. The van der Waals surface area contributed by atoms with Gasteiger partial charge in [0.2, 0.25) is 0 Å². The predicted octanol–water partition coefficient (Wildman–Crippen LogP) is 2.48. The number of pyridine rings is 1. The number of amides is 1. The van der Waals surface area contributed by atoms with Gasteiger partial charge in [-0.2, -0.15) is 0 Å². The maximum atomic E-state index is 12.4. The SMILES string of the molecule is CN1CCN(c2cc(CNC(=O)c3cc(-c4cccs4)on3)ccn2)CC1. The first-order valence-electron chi connectivity index (χ1n) is 8.86. The quantitative estimate of drug-likeness (QED) is 0.730. The second-order valence-electron chi connectivity index (χ2n) is 6.55. The van der Waals surface area contributed by atoms with Gasteiger partial charge in [-0.05, 0) is 36.2 Å². The van der Waals surface area contributed by atoms with E-state index in [1.54, 1.807) is 23.6 Å². The van der Waals surface area contributed by atoms with Crippen LogP contribution < -0.4 is 10.2 Å². The van der Waals surface area contributed by atoms with Crippen LogP contribution in [-0.4, -0.2) is 54.2 Å². The van der Waals surface area contributed by atoms with Crippen molar-refractivity contribution in [2.75, 3.05) is 38.1 Å². The van der Waals surface area contributed by atoms with Crippen molar-refractivity contribution in [1.29, 1.82) is 0 Å². The third kappa shape index (κ3) is 4.17. The van der Waals surface area contributed by atoms with E-state index in [2.05, 4.69) is 32.3 Å². The van der Waals surface area contributed by atoms with Gasteiger partial charge in [0.15, 0.2) is 11.5 Å². The van der Waals surface area contributed by atoms with Crippen molar-refractivity contribution in [3.63, 3.8) is 0 Å². The third-order valence-electron chi connectivity index (χ3n) is 4.60. The molecule has 0 spiro atoms. The van der Waals surface area contributed by atoms with Crippen molar-refractivity contribution in [2.24, 2.45) is 0 Å². The summed E-state index contributed by atoms with van der Waals surface area (Å²) in [5.74, 6) is 1.31. The summed E-state index contributed by atoms with van der Waals surface area (Å²) in [6.45, 7) is 4.40. The first kappa shape index (κ1) is 17.7. The topological polar surface area (TPSA) is 74.5 Å². The zero-order chi connectivity index (χ0) is 18.6. The molecular weight excluding hydrogens is 362 g/mol. The summed E-state index contributed by atoms with van der Waals surface area (Å²) in [5, 5.41) is 8.73. The lowest BCUT2D eigenvalue weighted by Crippen LogP contribution is -2.44. The van der Waals surface area contributed by atoms with Crippen LogP contribution in [-0.2, 0) is 6.54 Å². The van der Waals surface area contributed by atoms with E-state index in [0.29, 0.717) is 12.3 Å². The fraction of sp³-hybridized carbons (Fsp3) is 0.316. The van der Waals surface area contributed by atoms with Crippen LogP contribution in [0.5, 0.6) is 0 Å². The number of aromatic nitrogens is 2. The fourth-order valence-electron chi connectivity index (χ4n) is 2.97. The van der Waals surface area contributed by atoms with Crippen molar-refractivity contribution in [2.45, 2.75) is 6.54 Å². The lowest BCUT2D eigenvalue weighted by molar-refractivity contribution is 0.0942. The second-order valence-corrected chi connectivity index (χ2v) is 7.50. The number of rotatable bonds is 5. The van der Waals surface area contributed by atoms with Crippen LogP contribution in [0.4, 0.5) is 5.82 Å². The van der Waals surface area contributed by atoms with E-state index < -0.39 is 0 Å². The highest BCUT2D eigenvalue weighted by molar-refractivity contribution is 7.13. The Morgan fingerprint density at radius 3 is 2.89 bits per heavy atom. The molecule has 3 aromatic rings. The zero-order valence-corrected chi connectivity index (χ0v) is 15.9. The number of thiophene rings is 1. The van der Waals surface area contributed by atoms with Gasteiger partial charge >= 0.3 is 0 Å². The van der Waals surface area contributed by atoms with E-state index in [9.17, 15) is 4.79 Å². The van der Waals surface area contributed by atoms with Crippen LogP contribution >= 0.6 is 11.3 Å². The van der Waals surface area contributed by atoms with Gasteiger partial charge in [0.25, 0.3) is 5.91 Å². The van der Waals surface area contributed by atoms with Crippen LogP contribution in [0.25, 0.3) is 10.6 Å². The van der Waals surface area contributed by atoms with Gasteiger partial charge < -0.3 is 19.6 Å². The Balaban J connectivity index is 1.37. The zero-order valence-electron chi connectivity index (χ0n) is 15.1. The molecule has 7 nitrogen and oxygen atoms in total.